The van der Waals surface area contributed by atoms with Crippen molar-refractivity contribution < 1.29 is 13.9 Å². The van der Waals surface area contributed by atoms with E-state index in [1.54, 1.807) is 18.2 Å². The first-order valence-corrected chi connectivity index (χ1v) is 11.8. The van der Waals surface area contributed by atoms with Crippen LogP contribution >= 0.6 is 0 Å². The van der Waals surface area contributed by atoms with Crippen molar-refractivity contribution in [1.29, 1.82) is 0 Å². The second kappa shape index (κ2) is 11.8. The Hall–Kier alpha value is -4.71. The first-order valence-electron chi connectivity index (χ1n) is 11.8. The van der Waals surface area contributed by atoms with Crippen molar-refractivity contribution in [1.82, 2.24) is 9.97 Å². The van der Waals surface area contributed by atoms with Gasteiger partial charge < -0.3 is 14.6 Å². The number of esters is 1. The van der Waals surface area contributed by atoms with E-state index >= 15 is 0 Å². The largest absolute Gasteiger partial charge is 0.466 e. The van der Waals surface area contributed by atoms with Crippen LogP contribution in [-0.2, 0) is 9.53 Å². The Labute approximate surface area is 216 Å². The molecule has 0 amide bonds. The van der Waals surface area contributed by atoms with Crippen LogP contribution in [0.1, 0.15) is 5.56 Å². The van der Waals surface area contributed by atoms with Crippen LogP contribution in [-0.4, -0.2) is 36.1 Å². The minimum absolute atomic E-state index is 0.308. The average Bonchev–Trinajstić information content (AvgIpc) is 3.37. The van der Waals surface area contributed by atoms with Gasteiger partial charge in [-0.1, -0.05) is 48.6 Å². The van der Waals surface area contributed by atoms with Crippen molar-refractivity contribution in [3.8, 4) is 33.9 Å². The highest BCUT2D eigenvalue weighted by Crippen LogP contribution is 2.35. The van der Waals surface area contributed by atoms with Gasteiger partial charge in [0.05, 0.1) is 18.5 Å². The fraction of sp³-hybridized carbons (Fsp3) is 0.0968. The number of rotatable bonds is 10. The summed E-state index contributed by atoms with van der Waals surface area (Å²) >= 11 is 0. The summed E-state index contributed by atoms with van der Waals surface area (Å²) in [6, 6.07) is 22.1. The number of nitrogens with zero attached hydrogens (tertiary/aromatic N) is 2. The van der Waals surface area contributed by atoms with E-state index in [4.69, 9.17) is 9.72 Å². The van der Waals surface area contributed by atoms with Gasteiger partial charge in [0, 0.05) is 41.5 Å². The third kappa shape index (κ3) is 5.93. The lowest BCUT2D eigenvalue weighted by Crippen LogP contribution is -2.22. The summed E-state index contributed by atoms with van der Waals surface area (Å²) in [4.78, 5) is 22.2. The van der Waals surface area contributed by atoms with Crippen LogP contribution in [0.5, 0.6) is 0 Å². The van der Waals surface area contributed by atoms with Crippen LogP contribution in [0, 0.1) is 5.82 Å². The monoisotopic (exact) mass is 493 g/mol. The lowest BCUT2D eigenvalue weighted by molar-refractivity contribution is -0.134. The van der Waals surface area contributed by atoms with Gasteiger partial charge in [0.1, 0.15) is 11.6 Å². The van der Waals surface area contributed by atoms with Crippen LogP contribution < -0.4 is 4.90 Å². The van der Waals surface area contributed by atoms with Gasteiger partial charge in [0.15, 0.2) is 0 Å². The Morgan fingerprint density at radius 2 is 1.62 bits per heavy atom. The number of hydrogen-bond acceptors (Lipinski definition) is 4. The van der Waals surface area contributed by atoms with Crippen molar-refractivity contribution in [3.05, 3.63) is 116 Å². The van der Waals surface area contributed by atoms with E-state index in [2.05, 4.69) is 23.0 Å². The zero-order chi connectivity index (χ0) is 26.2. The van der Waals surface area contributed by atoms with Crippen LogP contribution in [0.15, 0.2) is 104 Å². The number of imidazole rings is 1. The van der Waals surface area contributed by atoms with Crippen molar-refractivity contribution in [2.75, 3.05) is 25.1 Å². The van der Waals surface area contributed by atoms with Gasteiger partial charge in [-0.2, -0.15) is 0 Å². The molecule has 6 heteroatoms. The number of hydrogen-bond donors (Lipinski definition) is 1. The molecule has 0 spiro atoms. The normalized spacial score (nSPS) is 10.9. The van der Waals surface area contributed by atoms with Gasteiger partial charge >= 0.3 is 5.97 Å². The summed E-state index contributed by atoms with van der Waals surface area (Å²) in [5.41, 5.74) is 5.88. The highest BCUT2D eigenvalue weighted by molar-refractivity contribution is 5.89. The lowest BCUT2D eigenvalue weighted by atomic mass is 10.0. The van der Waals surface area contributed by atoms with Crippen LogP contribution in [0.3, 0.4) is 0 Å². The van der Waals surface area contributed by atoms with Gasteiger partial charge in [-0.15, -0.1) is 13.2 Å². The molecule has 1 N–H and O–H groups in total. The maximum absolute atomic E-state index is 13.7. The van der Waals surface area contributed by atoms with Gasteiger partial charge in [-0.25, -0.2) is 14.2 Å². The van der Waals surface area contributed by atoms with Crippen molar-refractivity contribution in [2.45, 2.75) is 0 Å². The molecule has 0 bridgehead atoms. The van der Waals surface area contributed by atoms with Crippen molar-refractivity contribution in [2.24, 2.45) is 0 Å². The molecule has 0 atom stereocenters. The Kier molecular flexibility index (Phi) is 8.11. The number of carbonyl (C=O) groups excluding carboxylic acids is 1. The molecule has 0 unspecified atom stereocenters. The Bertz CT molecular complexity index is 1410. The number of aromatic nitrogens is 2. The summed E-state index contributed by atoms with van der Waals surface area (Å²) in [5.74, 6) is -0.121. The van der Waals surface area contributed by atoms with E-state index in [9.17, 15) is 9.18 Å². The third-order valence-electron chi connectivity index (χ3n) is 5.86. The predicted molar refractivity (Wildman–Crippen MR) is 149 cm³/mol. The number of carbonyl (C=O) groups is 1. The fourth-order valence-electron chi connectivity index (χ4n) is 4.05. The maximum Gasteiger partial charge on any atom is 0.330 e. The smallest absolute Gasteiger partial charge is 0.330 e. The molecule has 37 heavy (non-hydrogen) atoms. The number of aromatic amines is 1. The fourth-order valence-corrected chi connectivity index (χ4v) is 4.05. The molecule has 4 rings (SSSR count). The van der Waals surface area contributed by atoms with E-state index < -0.39 is 5.97 Å². The molecule has 0 aliphatic rings. The number of methoxy groups -OCH3 is 1. The highest BCUT2D eigenvalue weighted by atomic mass is 19.1. The molecule has 186 valence electrons. The summed E-state index contributed by atoms with van der Waals surface area (Å²) < 4.78 is 18.4. The molecule has 4 aromatic rings. The number of benzene rings is 3. The van der Waals surface area contributed by atoms with E-state index in [0.29, 0.717) is 18.9 Å². The third-order valence-corrected chi connectivity index (χ3v) is 5.86. The first-order chi connectivity index (χ1) is 18.0. The predicted octanol–water partition coefficient (Wildman–Crippen LogP) is 6.91. The molecule has 1 aromatic heterocycles. The molecule has 0 saturated heterocycles. The minimum Gasteiger partial charge on any atom is -0.466 e. The molecule has 3 aromatic carbocycles. The summed E-state index contributed by atoms with van der Waals surface area (Å²) in [6.07, 6.45) is 6.79. The lowest BCUT2D eigenvalue weighted by Gasteiger charge is -2.21. The van der Waals surface area contributed by atoms with E-state index in [0.717, 1.165) is 39.3 Å². The van der Waals surface area contributed by atoms with Gasteiger partial charge in [0.2, 0.25) is 0 Å². The zero-order valence-electron chi connectivity index (χ0n) is 20.7. The number of halogens is 1. The second-order valence-corrected chi connectivity index (χ2v) is 8.29. The molecule has 0 aliphatic heterocycles. The summed E-state index contributed by atoms with van der Waals surface area (Å²) in [6.45, 7) is 9.09. The number of H-pyrrole nitrogens is 1. The second-order valence-electron chi connectivity index (χ2n) is 8.29. The molecule has 0 fully saturated rings. The van der Waals surface area contributed by atoms with Gasteiger partial charge in [0.25, 0.3) is 0 Å². The summed E-state index contributed by atoms with van der Waals surface area (Å²) in [5, 5.41) is 0. The van der Waals surface area contributed by atoms with Crippen LogP contribution in [0.2, 0.25) is 0 Å². The molecule has 0 saturated carbocycles. The standard InChI is InChI=1S/C31H28FN3O2/c1-4-20-35(21-5-2)26-17-12-24(13-18-26)30-29(23-10-15-25(32)16-11-23)33-31(34-30)27-9-7-6-8-22(27)14-19-28(36)37-3/h4-19H,1-2,20-21H2,3H3,(H,33,34). The van der Waals surface area contributed by atoms with Crippen LogP contribution in [0.4, 0.5) is 10.1 Å². The summed E-state index contributed by atoms with van der Waals surface area (Å²) in [7, 11) is 1.34. The first kappa shape index (κ1) is 25.4. The Balaban J connectivity index is 1.81. The Morgan fingerprint density at radius 3 is 2.27 bits per heavy atom. The molecular formula is C31H28FN3O2. The number of anilines is 1. The highest BCUT2D eigenvalue weighted by Gasteiger charge is 2.17. The topological polar surface area (TPSA) is 58.2 Å². The SMILES string of the molecule is C=CCN(CC=C)c1ccc(-c2nc(-c3ccccc3C=CC(=O)OC)[nH]c2-c2ccc(F)cc2)cc1. The van der Waals surface area contributed by atoms with Crippen LogP contribution in [0.25, 0.3) is 40.0 Å². The van der Waals surface area contributed by atoms with E-state index in [-0.39, 0.29) is 5.82 Å². The number of ether oxygens (including phenoxy) is 1. The maximum atomic E-state index is 13.7. The molecule has 0 aliphatic carbocycles. The quantitative estimate of drug-likeness (QED) is 0.148. The minimum atomic E-state index is -0.441. The molecule has 1 heterocycles. The van der Waals surface area contributed by atoms with E-state index in [1.807, 2.05) is 60.7 Å². The number of nitrogens with one attached hydrogen (secondary N) is 1. The Morgan fingerprint density at radius 1 is 0.973 bits per heavy atom. The van der Waals surface area contributed by atoms with Crippen molar-refractivity contribution >= 4 is 17.7 Å². The van der Waals surface area contributed by atoms with Gasteiger partial charge in [-0.3, -0.25) is 0 Å². The average molecular weight is 494 g/mol. The zero-order valence-corrected chi connectivity index (χ0v) is 20.7. The molecule has 0 radical (unpaired) electrons. The van der Waals surface area contributed by atoms with Crippen molar-refractivity contribution in [3.63, 3.8) is 0 Å². The molecular weight excluding hydrogens is 465 g/mol. The molecule has 5 nitrogen and oxygen atoms in total. The van der Waals surface area contributed by atoms with Gasteiger partial charge in [-0.05, 0) is 48.0 Å². The van der Waals surface area contributed by atoms with E-state index in [1.165, 1.54) is 25.3 Å².